The van der Waals surface area contributed by atoms with Gasteiger partial charge in [-0.25, -0.2) is 4.39 Å². The summed E-state index contributed by atoms with van der Waals surface area (Å²) in [5, 5.41) is 2.90. The van der Waals surface area contributed by atoms with Gasteiger partial charge in [-0.1, -0.05) is 35.3 Å². The molecule has 1 amide bonds. The van der Waals surface area contributed by atoms with Crippen LogP contribution in [0.1, 0.15) is 28.8 Å². The third-order valence-electron chi connectivity index (χ3n) is 4.99. The van der Waals surface area contributed by atoms with Crippen LogP contribution in [0.2, 0.25) is 10.0 Å². The first-order valence-electron chi connectivity index (χ1n) is 8.60. The van der Waals surface area contributed by atoms with E-state index in [2.05, 4.69) is 5.32 Å². The van der Waals surface area contributed by atoms with Crippen molar-refractivity contribution >= 4 is 29.1 Å². The Bertz CT molecular complexity index is 821. The molecule has 1 heterocycles. The zero-order chi connectivity index (χ0) is 19.4. The molecule has 0 saturated carbocycles. The van der Waals surface area contributed by atoms with Crippen LogP contribution in [0.25, 0.3) is 0 Å². The van der Waals surface area contributed by atoms with Crippen molar-refractivity contribution in [2.24, 2.45) is 0 Å². The van der Waals surface area contributed by atoms with E-state index in [-0.39, 0.29) is 21.0 Å². The Morgan fingerprint density at radius 2 is 1.85 bits per heavy atom. The van der Waals surface area contributed by atoms with Gasteiger partial charge in [0.25, 0.3) is 5.91 Å². The lowest BCUT2D eigenvalue weighted by Crippen LogP contribution is -2.44. The highest BCUT2D eigenvalue weighted by Crippen LogP contribution is 2.35. The lowest BCUT2D eigenvalue weighted by molar-refractivity contribution is 0.0487. The monoisotopic (exact) mass is 411 g/mol. The first kappa shape index (κ1) is 19.9. The maximum Gasteiger partial charge on any atom is 0.252 e. The molecule has 1 fully saturated rings. The fraction of sp³-hybridized carbons (Fsp3) is 0.350. The van der Waals surface area contributed by atoms with Crippen molar-refractivity contribution in [1.29, 1.82) is 0 Å². The van der Waals surface area contributed by atoms with E-state index in [9.17, 15) is 9.18 Å². The number of hydrogen-bond donors (Lipinski definition) is 1. The Hall–Kier alpha value is -1.82. The van der Waals surface area contributed by atoms with Gasteiger partial charge in [0.2, 0.25) is 0 Å². The normalized spacial score (nSPS) is 16.0. The van der Waals surface area contributed by atoms with Crippen molar-refractivity contribution in [3.8, 4) is 5.75 Å². The van der Waals surface area contributed by atoms with Gasteiger partial charge < -0.3 is 14.8 Å². The average molecular weight is 412 g/mol. The second-order valence-corrected chi connectivity index (χ2v) is 7.36. The molecule has 1 aliphatic rings. The van der Waals surface area contributed by atoms with E-state index in [1.165, 1.54) is 6.07 Å². The number of carbonyl (C=O) groups is 1. The number of rotatable bonds is 5. The second kappa shape index (κ2) is 8.46. The van der Waals surface area contributed by atoms with Gasteiger partial charge >= 0.3 is 0 Å². The van der Waals surface area contributed by atoms with Crippen LogP contribution in [0, 0.1) is 5.82 Å². The molecule has 0 radical (unpaired) electrons. The standard InChI is InChI=1S/C20H20Cl2FNO3/c1-26-14-4-2-13(3-5-14)20(6-8-27-9-7-20)12-24-19(25)15-10-18(23)17(22)11-16(15)21/h2-5,10-11H,6-9,12H2,1H3,(H,24,25). The third kappa shape index (κ3) is 4.37. The molecule has 0 atom stereocenters. The summed E-state index contributed by atoms with van der Waals surface area (Å²) in [6, 6.07) is 10.1. The largest absolute Gasteiger partial charge is 0.497 e. The van der Waals surface area contributed by atoms with E-state index in [1.807, 2.05) is 24.3 Å². The first-order valence-corrected chi connectivity index (χ1v) is 9.36. The summed E-state index contributed by atoms with van der Waals surface area (Å²) < 4.78 is 24.5. The third-order valence-corrected chi connectivity index (χ3v) is 5.60. The molecule has 27 heavy (non-hydrogen) atoms. The van der Waals surface area contributed by atoms with E-state index < -0.39 is 11.7 Å². The number of hydrogen-bond acceptors (Lipinski definition) is 3. The molecular weight excluding hydrogens is 392 g/mol. The van der Waals surface area contributed by atoms with Gasteiger partial charge in [0.1, 0.15) is 11.6 Å². The van der Waals surface area contributed by atoms with Crippen LogP contribution in [-0.4, -0.2) is 32.8 Å². The highest BCUT2D eigenvalue weighted by Gasteiger charge is 2.35. The smallest absolute Gasteiger partial charge is 0.252 e. The zero-order valence-electron chi connectivity index (χ0n) is 14.9. The van der Waals surface area contributed by atoms with Crippen LogP contribution in [0.3, 0.4) is 0 Å². The topological polar surface area (TPSA) is 47.6 Å². The van der Waals surface area contributed by atoms with E-state index in [4.69, 9.17) is 32.7 Å². The molecule has 0 bridgehead atoms. The minimum Gasteiger partial charge on any atom is -0.497 e. The summed E-state index contributed by atoms with van der Waals surface area (Å²) in [7, 11) is 1.62. The highest BCUT2D eigenvalue weighted by atomic mass is 35.5. The van der Waals surface area contributed by atoms with Crippen molar-refractivity contribution < 1.29 is 18.7 Å². The first-order chi connectivity index (χ1) is 12.9. The molecule has 1 saturated heterocycles. The Morgan fingerprint density at radius 3 is 2.48 bits per heavy atom. The molecule has 0 unspecified atom stereocenters. The van der Waals surface area contributed by atoms with Crippen LogP contribution >= 0.6 is 23.2 Å². The van der Waals surface area contributed by atoms with E-state index in [0.717, 1.165) is 30.2 Å². The van der Waals surface area contributed by atoms with Crippen LogP contribution in [0.4, 0.5) is 4.39 Å². The van der Waals surface area contributed by atoms with Gasteiger partial charge in [-0.2, -0.15) is 0 Å². The highest BCUT2D eigenvalue weighted by molar-refractivity contribution is 6.36. The molecule has 2 aromatic carbocycles. The number of benzene rings is 2. The van der Waals surface area contributed by atoms with E-state index in [1.54, 1.807) is 7.11 Å². The molecule has 1 aliphatic heterocycles. The van der Waals surface area contributed by atoms with Gasteiger partial charge in [0.05, 0.1) is 22.7 Å². The van der Waals surface area contributed by atoms with Crippen molar-refractivity contribution in [2.75, 3.05) is 26.9 Å². The molecule has 3 rings (SSSR count). The Kier molecular flexibility index (Phi) is 6.25. The molecule has 0 spiro atoms. The van der Waals surface area contributed by atoms with Crippen molar-refractivity contribution in [3.05, 3.63) is 63.4 Å². The maximum atomic E-state index is 13.7. The quantitative estimate of drug-likeness (QED) is 0.730. The van der Waals surface area contributed by atoms with Crippen molar-refractivity contribution in [2.45, 2.75) is 18.3 Å². The second-order valence-electron chi connectivity index (χ2n) is 6.55. The summed E-state index contributed by atoms with van der Waals surface area (Å²) in [5.41, 5.74) is 0.897. The predicted octanol–water partition coefficient (Wildman–Crippen LogP) is 4.62. The van der Waals surface area contributed by atoms with Gasteiger partial charge in [-0.3, -0.25) is 4.79 Å². The van der Waals surface area contributed by atoms with Gasteiger partial charge in [-0.15, -0.1) is 0 Å². The van der Waals surface area contributed by atoms with Crippen LogP contribution in [0.5, 0.6) is 5.75 Å². The Morgan fingerprint density at radius 1 is 1.19 bits per heavy atom. The Balaban J connectivity index is 1.81. The average Bonchev–Trinajstić information content (AvgIpc) is 2.69. The number of ether oxygens (including phenoxy) is 2. The minimum atomic E-state index is -0.679. The molecule has 4 nitrogen and oxygen atoms in total. The molecule has 0 aliphatic carbocycles. The number of nitrogens with one attached hydrogen (secondary N) is 1. The number of carbonyl (C=O) groups excluding carboxylic acids is 1. The fourth-order valence-electron chi connectivity index (χ4n) is 3.32. The SMILES string of the molecule is COc1ccc(C2(CNC(=O)c3cc(F)c(Cl)cc3Cl)CCOCC2)cc1. The molecule has 1 N–H and O–H groups in total. The molecule has 0 aromatic heterocycles. The summed E-state index contributed by atoms with van der Waals surface area (Å²) >= 11 is 11.8. The van der Waals surface area contributed by atoms with E-state index in [0.29, 0.717) is 19.8 Å². The molecule has 7 heteroatoms. The summed E-state index contributed by atoms with van der Waals surface area (Å²) in [6.07, 6.45) is 1.53. The zero-order valence-corrected chi connectivity index (χ0v) is 16.4. The van der Waals surface area contributed by atoms with Gasteiger partial charge in [0.15, 0.2) is 0 Å². The predicted molar refractivity (Wildman–Crippen MR) is 103 cm³/mol. The van der Waals surface area contributed by atoms with Crippen molar-refractivity contribution in [1.82, 2.24) is 5.32 Å². The number of amides is 1. The number of halogens is 3. The van der Waals surface area contributed by atoms with Crippen molar-refractivity contribution in [3.63, 3.8) is 0 Å². The fourth-order valence-corrected chi connectivity index (χ4v) is 3.78. The number of methoxy groups -OCH3 is 1. The van der Waals surface area contributed by atoms with Crippen LogP contribution < -0.4 is 10.1 Å². The molecular formula is C20H20Cl2FNO3. The minimum absolute atomic E-state index is 0.0653. The summed E-state index contributed by atoms with van der Waals surface area (Å²) in [5.74, 6) is -0.342. The maximum absolute atomic E-state index is 13.7. The Labute approximate surface area is 167 Å². The molecule has 2 aromatic rings. The lowest BCUT2D eigenvalue weighted by atomic mass is 9.74. The van der Waals surface area contributed by atoms with E-state index >= 15 is 0 Å². The van der Waals surface area contributed by atoms with Gasteiger partial charge in [0, 0.05) is 25.2 Å². The van der Waals surface area contributed by atoms with Gasteiger partial charge in [-0.05, 0) is 42.7 Å². The lowest BCUT2D eigenvalue weighted by Gasteiger charge is -2.38. The summed E-state index contributed by atoms with van der Waals surface area (Å²) in [4.78, 5) is 12.6. The summed E-state index contributed by atoms with van der Waals surface area (Å²) in [6.45, 7) is 1.61. The van der Waals surface area contributed by atoms with Crippen LogP contribution in [-0.2, 0) is 10.2 Å². The molecule has 144 valence electrons. The van der Waals surface area contributed by atoms with Crippen LogP contribution in [0.15, 0.2) is 36.4 Å².